The van der Waals surface area contributed by atoms with Crippen molar-refractivity contribution in [2.75, 3.05) is 19.6 Å². The minimum atomic E-state index is -2.76. The molecule has 7 heteroatoms. The van der Waals surface area contributed by atoms with Gasteiger partial charge in [0, 0.05) is 19.5 Å². The number of nitrogens with zero attached hydrogens (tertiary/aromatic N) is 1. The van der Waals surface area contributed by atoms with E-state index in [0.29, 0.717) is 13.1 Å². The van der Waals surface area contributed by atoms with Crippen LogP contribution in [0.15, 0.2) is 0 Å². The fraction of sp³-hybridized carbons (Fsp3) is 0.917. The van der Waals surface area contributed by atoms with Gasteiger partial charge in [-0.2, -0.15) is 0 Å². The zero-order valence-electron chi connectivity index (χ0n) is 11.2. The number of amides is 1. The van der Waals surface area contributed by atoms with Crippen molar-refractivity contribution in [3.63, 3.8) is 0 Å². The molecule has 2 saturated heterocycles. The fourth-order valence-electron chi connectivity index (χ4n) is 2.56. The SMILES string of the molecule is CCC1CN(C(=O)C2CC(F)(F)CN2)CC(C)O1.Cl. The summed E-state index contributed by atoms with van der Waals surface area (Å²) >= 11 is 0. The topological polar surface area (TPSA) is 41.6 Å². The maximum absolute atomic E-state index is 13.1. The molecule has 2 aliphatic heterocycles. The minimum Gasteiger partial charge on any atom is -0.372 e. The number of halogens is 3. The second-order valence-corrected chi connectivity index (χ2v) is 5.21. The first-order chi connectivity index (χ1) is 8.41. The van der Waals surface area contributed by atoms with E-state index < -0.39 is 24.9 Å². The van der Waals surface area contributed by atoms with Crippen molar-refractivity contribution in [2.45, 2.75) is 50.9 Å². The van der Waals surface area contributed by atoms with E-state index in [1.807, 2.05) is 13.8 Å². The van der Waals surface area contributed by atoms with E-state index in [-0.39, 0.29) is 30.5 Å². The van der Waals surface area contributed by atoms with Gasteiger partial charge >= 0.3 is 0 Å². The molecular formula is C12H21ClF2N2O2. The van der Waals surface area contributed by atoms with Crippen LogP contribution in [-0.2, 0) is 9.53 Å². The first-order valence-corrected chi connectivity index (χ1v) is 6.47. The molecule has 3 unspecified atom stereocenters. The van der Waals surface area contributed by atoms with Crippen LogP contribution < -0.4 is 5.32 Å². The highest BCUT2D eigenvalue weighted by Crippen LogP contribution is 2.26. The summed E-state index contributed by atoms with van der Waals surface area (Å²) in [6.45, 7) is 4.48. The Morgan fingerprint density at radius 2 is 2.16 bits per heavy atom. The van der Waals surface area contributed by atoms with E-state index >= 15 is 0 Å². The van der Waals surface area contributed by atoms with Crippen molar-refractivity contribution < 1.29 is 18.3 Å². The van der Waals surface area contributed by atoms with Crippen molar-refractivity contribution >= 4 is 18.3 Å². The number of carbonyl (C=O) groups excluding carboxylic acids is 1. The molecule has 19 heavy (non-hydrogen) atoms. The zero-order chi connectivity index (χ0) is 13.3. The molecule has 2 heterocycles. The Labute approximate surface area is 118 Å². The smallest absolute Gasteiger partial charge is 0.262 e. The van der Waals surface area contributed by atoms with Gasteiger partial charge in [0.05, 0.1) is 24.8 Å². The molecular weight excluding hydrogens is 278 g/mol. The van der Waals surface area contributed by atoms with Crippen molar-refractivity contribution in [1.29, 1.82) is 0 Å². The number of nitrogens with one attached hydrogen (secondary N) is 1. The van der Waals surface area contributed by atoms with Crippen LogP contribution in [-0.4, -0.2) is 54.6 Å². The van der Waals surface area contributed by atoms with E-state index in [1.54, 1.807) is 4.90 Å². The Morgan fingerprint density at radius 1 is 1.47 bits per heavy atom. The first kappa shape index (κ1) is 16.6. The summed E-state index contributed by atoms with van der Waals surface area (Å²) in [6, 6.07) is -0.747. The van der Waals surface area contributed by atoms with Gasteiger partial charge < -0.3 is 9.64 Å². The van der Waals surface area contributed by atoms with Gasteiger partial charge in [0.2, 0.25) is 5.91 Å². The predicted octanol–water partition coefficient (Wildman–Crippen LogP) is 1.43. The Kier molecular flexibility index (Phi) is 5.53. The third-order valence-corrected chi connectivity index (χ3v) is 3.50. The summed E-state index contributed by atoms with van der Waals surface area (Å²) in [5.41, 5.74) is 0. The van der Waals surface area contributed by atoms with E-state index in [1.165, 1.54) is 0 Å². The van der Waals surface area contributed by atoms with Crippen LogP contribution in [0.25, 0.3) is 0 Å². The van der Waals surface area contributed by atoms with Crippen LogP contribution in [0.2, 0.25) is 0 Å². The fourth-order valence-corrected chi connectivity index (χ4v) is 2.56. The summed E-state index contributed by atoms with van der Waals surface area (Å²) in [4.78, 5) is 13.8. The monoisotopic (exact) mass is 298 g/mol. The van der Waals surface area contributed by atoms with Gasteiger partial charge in [0.15, 0.2) is 0 Å². The molecule has 1 amide bonds. The number of carbonyl (C=O) groups is 1. The van der Waals surface area contributed by atoms with Gasteiger partial charge in [-0.05, 0) is 13.3 Å². The second kappa shape index (κ2) is 6.33. The Hall–Kier alpha value is -0.460. The molecule has 0 radical (unpaired) electrons. The average molecular weight is 299 g/mol. The van der Waals surface area contributed by atoms with E-state index in [0.717, 1.165) is 6.42 Å². The second-order valence-electron chi connectivity index (χ2n) is 5.21. The minimum absolute atomic E-state index is 0. The average Bonchev–Trinajstić information content (AvgIpc) is 2.67. The van der Waals surface area contributed by atoms with E-state index in [4.69, 9.17) is 4.74 Å². The molecule has 0 aromatic heterocycles. The quantitative estimate of drug-likeness (QED) is 0.838. The lowest BCUT2D eigenvalue weighted by Gasteiger charge is -2.37. The van der Waals surface area contributed by atoms with Crippen molar-refractivity contribution in [3.8, 4) is 0 Å². The Balaban J connectivity index is 0.00000180. The molecule has 2 fully saturated rings. The lowest BCUT2D eigenvalue weighted by atomic mass is 10.1. The van der Waals surface area contributed by atoms with Crippen molar-refractivity contribution in [2.24, 2.45) is 0 Å². The van der Waals surface area contributed by atoms with E-state index in [9.17, 15) is 13.6 Å². The highest BCUT2D eigenvalue weighted by molar-refractivity contribution is 5.85. The van der Waals surface area contributed by atoms with Gasteiger partial charge in [-0.15, -0.1) is 12.4 Å². The van der Waals surface area contributed by atoms with Crippen LogP contribution in [0.5, 0.6) is 0 Å². The van der Waals surface area contributed by atoms with E-state index in [2.05, 4.69) is 5.32 Å². The first-order valence-electron chi connectivity index (χ1n) is 6.47. The van der Waals surface area contributed by atoms with Crippen LogP contribution >= 0.6 is 12.4 Å². The highest BCUT2D eigenvalue weighted by Gasteiger charge is 2.44. The standard InChI is InChI=1S/C12H20F2N2O2.ClH/c1-3-9-6-16(5-8(2)18-9)11(17)10-4-12(13,14)7-15-10;/h8-10,15H,3-7H2,1-2H3;1H. The molecule has 0 aromatic carbocycles. The number of alkyl halides is 2. The molecule has 0 bridgehead atoms. The molecule has 4 nitrogen and oxygen atoms in total. The van der Waals surface area contributed by atoms with Gasteiger partial charge in [-0.25, -0.2) is 8.78 Å². The number of rotatable bonds is 2. The van der Waals surface area contributed by atoms with Gasteiger partial charge in [0.25, 0.3) is 5.92 Å². The zero-order valence-corrected chi connectivity index (χ0v) is 12.0. The number of ether oxygens (including phenoxy) is 1. The van der Waals surface area contributed by atoms with Crippen LogP contribution in [0, 0.1) is 0 Å². The summed E-state index contributed by atoms with van der Waals surface area (Å²) < 4.78 is 31.8. The lowest BCUT2D eigenvalue weighted by Crippen LogP contribution is -2.53. The Morgan fingerprint density at radius 3 is 2.68 bits per heavy atom. The largest absolute Gasteiger partial charge is 0.372 e. The molecule has 0 aromatic rings. The van der Waals surface area contributed by atoms with Gasteiger partial charge in [-0.3, -0.25) is 10.1 Å². The highest BCUT2D eigenvalue weighted by atomic mass is 35.5. The molecule has 3 atom stereocenters. The van der Waals surface area contributed by atoms with Crippen LogP contribution in [0.3, 0.4) is 0 Å². The number of hydrogen-bond acceptors (Lipinski definition) is 3. The van der Waals surface area contributed by atoms with Crippen LogP contribution in [0.4, 0.5) is 8.78 Å². The molecule has 2 aliphatic rings. The summed E-state index contributed by atoms with van der Waals surface area (Å²) in [6.07, 6.45) is 0.408. The predicted molar refractivity (Wildman–Crippen MR) is 69.8 cm³/mol. The third-order valence-electron chi connectivity index (χ3n) is 3.50. The third kappa shape index (κ3) is 4.00. The maximum Gasteiger partial charge on any atom is 0.262 e. The summed E-state index contributed by atoms with van der Waals surface area (Å²) in [5.74, 6) is -2.98. The molecule has 0 spiro atoms. The normalized spacial score (nSPS) is 33.9. The maximum atomic E-state index is 13.1. The van der Waals surface area contributed by atoms with Gasteiger partial charge in [-0.1, -0.05) is 6.92 Å². The Bertz CT molecular complexity index is 331. The summed E-state index contributed by atoms with van der Waals surface area (Å²) in [5, 5.41) is 2.61. The van der Waals surface area contributed by atoms with Crippen molar-refractivity contribution in [1.82, 2.24) is 10.2 Å². The summed E-state index contributed by atoms with van der Waals surface area (Å²) in [7, 11) is 0. The van der Waals surface area contributed by atoms with Crippen molar-refractivity contribution in [3.05, 3.63) is 0 Å². The molecule has 112 valence electrons. The molecule has 0 aliphatic carbocycles. The van der Waals surface area contributed by atoms with Gasteiger partial charge in [0.1, 0.15) is 0 Å². The number of hydrogen-bond donors (Lipinski definition) is 1. The van der Waals surface area contributed by atoms with Crippen LogP contribution in [0.1, 0.15) is 26.7 Å². The molecule has 1 N–H and O–H groups in total. The number of morpholine rings is 1. The molecule has 2 rings (SSSR count). The molecule has 0 saturated carbocycles. The lowest BCUT2D eigenvalue weighted by molar-refractivity contribution is -0.146.